The molecule has 0 aliphatic rings. The first-order valence-electron chi connectivity index (χ1n) is 8.00. The SMILES string of the molecule is CCC(=O)Nc1nc2c(OC)cc(NC(=O)Nc3ccccc3)cc2s1. The van der Waals surface area contributed by atoms with Crippen LogP contribution in [0.4, 0.5) is 21.3 Å². The molecule has 0 spiro atoms. The summed E-state index contributed by atoms with van der Waals surface area (Å²) in [6.45, 7) is 1.77. The normalized spacial score (nSPS) is 10.4. The summed E-state index contributed by atoms with van der Waals surface area (Å²) in [6, 6.07) is 12.3. The zero-order valence-electron chi connectivity index (χ0n) is 14.3. The van der Waals surface area contributed by atoms with E-state index in [1.807, 2.05) is 18.2 Å². The van der Waals surface area contributed by atoms with E-state index in [4.69, 9.17) is 4.74 Å². The van der Waals surface area contributed by atoms with E-state index >= 15 is 0 Å². The van der Waals surface area contributed by atoms with Gasteiger partial charge in [0.15, 0.2) is 5.13 Å². The average Bonchev–Trinajstić information content (AvgIpc) is 3.03. The molecule has 0 unspecified atom stereocenters. The number of nitrogens with one attached hydrogen (secondary N) is 3. The van der Waals surface area contributed by atoms with Crippen molar-refractivity contribution < 1.29 is 14.3 Å². The van der Waals surface area contributed by atoms with Gasteiger partial charge in [0.1, 0.15) is 11.3 Å². The predicted molar refractivity (Wildman–Crippen MR) is 104 cm³/mol. The number of fused-ring (bicyclic) bond motifs is 1. The minimum absolute atomic E-state index is 0.108. The van der Waals surface area contributed by atoms with Crippen LogP contribution in [0.2, 0.25) is 0 Å². The molecule has 0 fully saturated rings. The molecule has 0 saturated carbocycles. The van der Waals surface area contributed by atoms with Crippen molar-refractivity contribution in [1.29, 1.82) is 0 Å². The van der Waals surface area contributed by atoms with E-state index in [9.17, 15) is 9.59 Å². The lowest BCUT2D eigenvalue weighted by molar-refractivity contribution is -0.115. The fraction of sp³-hybridized carbons (Fsp3) is 0.167. The van der Waals surface area contributed by atoms with Gasteiger partial charge in [0.2, 0.25) is 5.91 Å². The number of hydrogen-bond donors (Lipinski definition) is 3. The Morgan fingerprint density at radius 2 is 1.81 bits per heavy atom. The Morgan fingerprint density at radius 1 is 1.08 bits per heavy atom. The van der Waals surface area contributed by atoms with E-state index in [-0.39, 0.29) is 11.9 Å². The molecule has 3 rings (SSSR count). The van der Waals surface area contributed by atoms with E-state index in [2.05, 4.69) is 20.9 Å². The van der Waals surface area contributed by atoms with Crippen LogP contribution < -0.4 is 20.7 Å². The topological polar surface area (TPSA) is 92.3 Å². The summed E-state index contributed by atoms with van der Waals surface area (Å²) >= 11 is 1.32. The van der Waals surface area contributed by atoms with Crippen LogP contribution in [0.5, 0.6) is 5.75 Å². The molecule has 0 atom stereocenters. The lowest BCUT2D eigenvalue weighted by atomic mass is 10.2. The van der Waals surface area contributed by atoms with Crippen molar-refractivity contribution in [3.8, 4) is 5.75 Å². The zero-order chi connectivity index (χ0) is 18.5. The summed E-state index contributed by atoms with van der Waals surface area (Å²) in [4.78, 5) is 28.1. The van der Waals surface area contributed by atoms with Crippen LogP contribution in [0.25, 0.3) is 10.2 Å². The number of benzene rings is 2. The summed E-state index contributed by atoms with van der Waals surface area (Å²) in [5, 5.41) is 8.77. The van der Waals surface area contributed by atoms with Crippen molar-refractivity contribution in [2.75, 3.05) is 23.1 Å². The number of aromatic nitrogens is 1. The second-order valence-corrected chi connectivity index (χ2v) is 6.42. The number of para-hydroxylation sites is 1. The molecule has 0 radical (unpaired) electrons. The number of carbonyl (C=O) groups excluding carboxylic acids is 2. The third-order valence-electron chi connectivity index (χ3n) is 3.54. The number of nitrogens with zero attached hydrogens (tertiary/aromatic N) is 1. The van der Waals surface area contributed by atoms with Crippen molar-refractivity contribution in [3.63, 3.8) is 0 Å². The van der Waals surface area contributed by atoms with Gasteiger partial charge in [-0.1, -0.05) is 36.5 Å². The number of rotatable bonds is 5. The molecule has 8 heteroatoms. The maximum absolute atomic E-state index is 12.2. The van der Waals surface area contributed by atoms with Gasteiger partial charge in [0.25, 0.3) is 0 Å². The first kappa shape index (κ1) is 17.7. The fourth-order valence-corrected chi connectivity index (χ4v) is 3.24. The summed E-state index contributed by atoms with van der Waals surface area (Å²) in [5.41, 5.74) is 1.90. The van der Waals surface area contributed by atoms with Crippen molar-refractivity contribution in [2.24, 2.45) is 0 Å². The highest BCUT2D eigenvalue weighted by molar-refractivity contribution is 7.22. The lowest BCUT2D eigenvalue weighted by Gasteiger charge is -2.09. The Morgan fingerprint density at radius 3 is 2.50 bits per heavy atom. The number of ether oxygens (including phenoxy) is 1. The summed E-state index contributed by atoms with van der Waals surface area (Å²) in [6.07, 6.45) is 0.375. The Balaban J connectivity index is 1.82. The maximum atomic E-state index is 12.2. The average molecular weight is 370 g/mol. The molecule has 0 aliphatic carbocycles. The number of thiazole rings is 1. The number of anilines is 3. The molecule has 3 aromatic rings. The third kappa shape index (κ3) is 4.09. The Kier molecular flexibility index (Phi) is 5.33. The maximum Gasteiger partial charge on any atom is 0.323 e. The highest BCUT2D eigenvalue weighted by Gasteiger charge is 2.13. The van der Waals surface area contributed by atoms with Gasteiger partial charge >= 0.3 is 6.03 Å². The van der Waals surface area contributed by atoms with E-state index in [1.165, 1.54) is 18.4 Å². The van der Waals surface area contributed by atoms with E-state index in [0.717, 1.165) is 4.70 Å². The van der Waals surface area contributed by atoms with Crippen LogP contribution in [0.1, 0.15) is 13.3 Å². The second kappa shape index (κ2) is 7.83. The number of hydrogen-bond acceptors (Lipinski definition) is 5. The quantitative estimate of drug-likeness (QED) is 0.624. The van der Waals surface area contributed by atoms with Crippen molar-refractivity contribution in [3.05, 3.63) is 42.5 Å². The predicted octanol–water partition coefficient (Wildman–Crippen LogP) is 4.30. The van der Waals surface area contributed by atoms with Crippen LogP contribution in [-0.4, -0.2) is 24.0 Å². The zero-order valence-corrected chi connectivity index (χ0v) is 15.1. The highest BCUT2D eigenvalue weighted by Crippen LogP contribution is 2.35. The van der Waals surface area contributed by atoms with Crippen LogP contribution in [0.15, 0.2) is 42.5 Å². The molecule has 134 valence electrons. The highest BCUT2D eigenvalue weighted by atomic mass is 32.1. The number of amides is 3. The van der Waals surface area contributed by atoms with Gasteiger partial charge in [-0.05, 0) is 18.2 Å². The molecular formula is C18H18N4O3S. The first-order chi connectivity index (χ1) is 12.6. The molecule has 0 bridgehead atoms. The van der Waals surface area contributed by atoms with Crippen LogP contribution in [-0.2, 0) is 4.79 Å². The number of methoxy groups -OCH3 is 1. The summed E-state index contributed by atoms with van der Waals surface area (Å²) in [7, 11) is 1.53. The van der Waals surface area contributed by atoms with Gasteiger partial charge < -0.3 is 20.7 Å². The number of carbonyl (C=O) groups is 2. The van der Waals surface area contributed by atoms with Crippen LogP contribution >= 0.6 is 11.3 Å². The molecular weight excluding hydrogens is 352 g/mol. The Hall–Kier alpha value is -3.13. The second-order valence-electron chi connectivity index (χ2n) is 5.39. The molecule has 1 aromatic heterocycles. The Bertz CT molecular complexity index is 940. The standard InChI is InChI=1S/C18H18N4O3S/c1-3-15(23)21-18-22-16-13(25-2)9-12(10-14(16)26-18)20-17(24)19-11-7-5-4-6-8-11/h4-10H,3H2,1-2H3,(H2,19,20,24)(H,21,22,23). The van der Waals surface area contributed by atoms with Gasteiger partial charge in [0.05, 0.1) is 11.8 Å². The lowest BCUT2D eigenvalue weighted by Crippen LogP contribution is -2.19. The molecule has 2 aromatic carbocycles. The third-order valence-corrected chi connectivity index (χ3v) is 4.45. The van der Waals surface area contributed by atoms with Gasteiger partial charge in [0, 0.05) is 23.9 Å². The molecule has 3 amide bonds. The Labute approximate surface area is 154 Å². The molecule has 26 heavy (non-hydrogen) atoms. The fourth-order valence-electron chi connectivity index (χ4n) is 2.30. The van der Waals surface area contributed by atoms with Crippen molar-refractivity contribution >= 4 is 50.0 Å². The van der Waals surface area contributed by atoms with Crippen LogP contribution in [0, 0.1) is 0 Å². The van der Waals surface area contributed by atoms with E-state index < -0.39 is 0 Å². The van der Waals surface area contributed by atoms with Crippen molar-refractivity contribution in [1.82, 2.24) is 4.98 Å². The summed E-state index contributed by atoms with van der Waals surface area (Å²) in [5.74, 6) is 0.411. The molecule has 0 saturated heterocycles. The summed E-state index contributed by atoms with van der Waals surface area (Å²) < 4.78 is 6.17. The smallest absolute Gasteiger partial charge is 0.323 e. The molecule has 0 aliphatic heterocycles. The van der Waals surface area contributed by atoms with Gasteiger partial charge in [-0.2, -0.15) is 0 Å². The van der Waals surface area contributed by atoms with E-state index in [1.54, 1.807) is 31.2 Å². The molecule has 1 heterocycles. The van der Waals surface area contributed by atoms with Gasteiger partial charge in [-0.25, -0.2) is 9.78 Å². The molecule has 3 N–H and O–H groups in total. The minimum Gasteiger partial charge on any atom is -0.494 e. The van der Waals surface area contributed by atoms with Gasteiger partial charge in [-0.15, -0.1) is 0 Å². The van der Waals surface area contributed by atoms with E-state index in [0.29, 0.717) is 34.2 Å². The van der Waals surface area contributed by atoms with Gasteiger partial charge in [-0.3, -0.25) is 4.79 Å². The van der Waals surface area contributed by atoms with Crippen LogP contribution in [0.3, 0.4) is 0 Å². The van der Waals surface area contributed by atoms with Crippen molar-refractivity contribution in [2.45, 2.75) is 13.3 Å². The minimum atomic E-state index is -0.360. The molecule has 7 nitrogen and oxygen atoms in total. The first-order valence-corrected chi connectivity index (χ1v) is 8.82. The monoisotopic (exact) mass is 370 g/mol. The number of urea groups is 1. The largest absolute Gasteiger partial charge is 0.494 e.